The maximum absolute atomic E-state index is 13.2. The number of hydrogen-bond acceptors (Lipinski definition) is 6. The highest BCUT2D eigenvalue weighted by Gasteiger charge is 2.45. The summed E-state index contributed by atoms with van der Waals surface area (Å²) in [6.45, 7) is 5.36. The third-order valence-electron chi connectivity index (χ3n) is 5.10. The van der Waals surface area contributed by atoms with Crippen LogP contribution in [0.4, 0.5) is 0 Å². The molecule has 0 fully saturated rings. The Labute approximate surface area is 164 Å². The Bertz CT molecular complexity index is 953. The molecule has 28 heavy (non-hydrogen) atoms. The molecule has 1 aromatic rings. The second kappa shape index (κ2) is 7.04. The highest BCUT2D eigenvalue weighted by atomic mass is 16.5. The number of Topliss-reactive ketones (excluding diaryl/α,β-unsaturated/α-hetero) is 1. The Balaban J connectivity index is 2.30. The number of hydrazine groups is 1. The summed E-state index contributed by atoms with van der Waals surface area (Å²) in [4.78, 5) is 25.0. The van der Waals surface area contributed by atoms with Crippen LogP contribution in [0.3, 0.4) is 0 Å². The number of amides is 1. The molecule has 0 radical (unpaired) electrons. The Morgan fingerprint density at radius 3 is 2.64 bits per heavy atom. The highest BCUT2D eigenvalue weighted by molar-refractivity contribution is 6.00. The van der Waals surface area contributed by atoms with Crippen molar-refractivity contribution in [1.82, 2.24) is 10.4 Å². The summed E-state index contributed by atoms with van der Waals surface area (Å²) in [5.41, 5.74) is 10.7. The average molecular weight is 380 g/mol. The first-order valence-corrected chi connectivity index (χ1v) is 9.06. The molecule has 1 unspecified atom stereocenters. The van der Waals surface area contributed by atoms with Crippen LogP contribution in [0.5, 0.6) is 5.75 Å². The number of benzene rings is 1. The molecule has 3 N–H and O–H groups in total. The molecule has 1 aliphatic carbocycles. The standard InChI is InChI=1S/C21H24N4O3/c1-12(26)24-25-15-9-21(2,3)10-16(27)19(15)18(14(11-22)20(25)23)13-7-5-6-8-17(13)28-4/h5-8,18H,9-10,23H2,1-4H3,(H,24,26). The van der Waals surface area contributed by atoms with E-state index < -0.39 is 5.92 Å². The fourth-order valence-corrected chi connectivity index (χ4v) is 4.01. The van der Waals surface area contributed by atoms with Crippen LogP contribution in [0, 0.1) is 16.7 Å². The Hall–Kier alpha value is -3.27. The van der Waals surface area contributed by atoms with Gasteiger partial charge in [0, 0.05) is 24.5 Å². The van der Waals surface area contributed by atoms with E-state index in [1.54, 1.807) is 13.2 Å². The molecule has 1 amide bonds. The van der Waals surface area contributed by atoms with Crippen molar-refractivity contribution in [3.05, 3.63) is 52.5 Å². The van der Waals surface area contributed by atoms with Gasteiger partial charge >= 0.3 is 0 Å². The van der Waals surface area contributed by atoms with Gasteiger partial charge in [0.1, 0.15) is 11.6 Å². The predicted octanol–water partition coefficient (Wildman–Crippen LogP) is 2.48. The number of ketones is 1. The summed E-state index contributed by atoms with van der Waals surface area (Å²) in [6, 6.07) is 9.44. The van der Waals surface area contributed by atoms with E-state index in [1.165, 1.54) is 11.9 Å². The Morgan fingerprint density at radius 2 is 2.04 bits per heavy atom. The summed E-state index contributed by atoms with van der Waals surface area (Å²) < 4.78 is 5.48. The van der Waals surface area contributed by atoms with Crippen molar-refractivity contribution in [2.75, 3.05) is 7.11 Å². The summed E-state index contributed by atoms with van der Waals surface area (Å²) in [7, 11) is 1.55. The number of nitriles is 1. The van der Waals surface area contributed by atoms with Crippen LogP contribution in [0.2, 0.25) is 0 Å². The first kappa shape index (κ1) is 19.5. The predicted molar refractivity (Wildman–Crippen MR) is 103 cm³/mol. The van der Waals surface area contributed by atoms with Gasteiger partial charge in [-0.3, -0.25) is 15.0 Å². The van der Waals surface area contributed by atoms with Crippen LogP contribution >= 0.6 is 0 Å². The molecule has 7 nitrogen and oxygen atoms in total. The number of nitrogens with one attached hydrogen (secondary N) is 1. The van der Waals surface area contributed by atoms with Crippen molar-refractivity contribution in [3.8, 4) is 11.8 Å². The third kappa shape index (κ3) is 3.22. The van der Waals surface area contributed by atoms with Crippen molar-refractivity contribution >= 4 is 11.7 Å². The summed E-state index contributed by atoms with van der Waals surface area (Å²) in [5.74, 6) is -0.329. The third-order valence-corrected chi connectivity index (χ3v) is 5.10. The lowest BCUT2D eigenvalue weighted by molar-refractivity contribution is -0.123. The molecule has 1 aromatic carbocycles. The van der Waals surface area contributed by atoms with Gasteiger partial charge in [0.25, 0.3) is 0 Å². The van der Waals surface area contributed by atoms with Crippen LogP contribution in [-0.4, -0.2) is 23.8 Å². The molecule has 7 heteroatoms. The van der Waals surface area contributed by atoms with Crippen LogP contribution in [0.25, 0.3) is 0 Å². The van der Waals surface area contributed by atoms with Gasteiger partial charge in [-0.15, -0.1) is 0 Å². The van der Waals surface area contributed by atoms with Crippen LogP contribution in [-0.2, 0) is 9.59 Å². The van der Waals surface area contributed by atoms with Gasteiger partial charge in [-0.1, -0.05) is 32.0 Å². The van der Waals surface area contributed by atoms with Gasteiger partial charge in [-0.2, -0.15) is 5.26 Å². The SMILES string of the molecule is COc1ccccc1C1C(C#N)=C(N)N(NC(C)=O)C2=C1C(=O)CC(C)(C)C2. The minimum Gasteiger partial charge on any atom is -0.496 e. The Morgan fingerprint density at radius 1 is 1.36 bits per heavy atom. The number of nitrogens with zero attached hydrogens (tertiary/aromatic N) is 2. The van der Waals surface area contributed by atoms with Crippen LogP contribution < -0.4 is 15.9 Å². The lowest BCUT2D eigenvalue weighted by Crippen LogP contribution is -2.49. The zero-order valence-corrected chi connectivity index (χ0v) is 16.5. The van der Waals surface area contributed by atoms with E-state index in [0.29, 0.717) is 35.4 Å². The van der Waals surface area contributed by atoms with E-state index in [2.05, 4.69) is 11.5 Å². The number of hydrogen-bond donors (Lipinski definition) is 2. The molecular weight excluding hydrogens is 356 g/mol. The molecular formula is C21H24N4O3. The molecule has 0 aromatic heterocycles. The van der Waals surface area contributed by atoms with Gasteiger partial charge in [0.05, 0.1) is 30.4 Å². The monoisotopic (exact) mass is 380 g/mol. The molecule has 0 bridgehead atoms. The average Bonchev–Trinajstić information content (AvgIpc) is 2.62. The van der Waals surface area contributed by atoms with E-state index in [-0.39, 0.29) is 28.5 Å². The van der Waals surface area contributed by atoms with Gasteiger partial charge in [0.2, 0.25) is 5.91 Å². The van der Waals surface area contributed by atoms with Crippen molar-refractivity contribution in [1.29, 1.82) is 5.26 Å². The molecule has 0 spiro atoms. The van der Waals surface area contributed by atoms with E-state index in [4.69, 9.17) is 10.5 Å². The van der Waals surface area contributed by atoms with Crippen LogP contribution in [0.15, 0.2) is 46.9 Å². The second-order valence-corrected chi connectivity index (χ2v) is 7.89. The van der Waals surface area contributed by atoms with E-state index in [1.807, 2.05) is 32.0 Å². The largest absolute Gasteiger partial charge is 0.496 e. The quantitative estimate of drug-likeness (QED) is 0.834. The molecule has 1 atom stereocenters. The minimum atomic E-state index is -0.634. The van der Waals surface area contributed by atoms with Crippen molar-refractivity contribution in [3.63, 3.8) is 0 Å². The number of allylic oxidation sites excluding steroid dienone is 3. The normalized spacial score (nSPS) is 21.2. The molecule has 0 saturated heterocycles. The van der Waals surface area contributed by atoms with E-state index >= 15 is 0 Å². The molecule has 1 aliphatic heterocycles. The molecule has 3 rings (SSSR count). The lowest BCUT2D eigenvalue weighted by Gasteiger charge is -2.43. The fourth-order valence-electron chi connectivity index (χ4n) is 4.01. The number of carbonyl (C=O) groups is 2. The molecule has 146 valence electrons. The summed E-state index contributed by atoms with van der Waals surface area (Å²) in [6.07, 6.45) is 0.892. The zero-order valence-electron chi connectivity index (χ0n) is 16.5. The number of methoxy groups -OCH3 is 1. The summed E-state index contributed by atoms with van der Waals surface area (Å²) >= 11 is 0. The topological polar surface area (TPSA) is 108 Å². The highest BCUT2D eigenvalue weighted by Crippen LogP contribution is 2.49. The first-order chi connectivity index (χ1) is 13.2. The van der Waals surface area contributed by atoms with E-state index in [0.717, 1.165) is 0 Å². The fraction of sp³-hybridized carbons (Fsp3) is 0.381. The Kier molecular flexibility index (Phi) is 4.90. The van der Waals surface area contributed by atoms with Crippen molar-refractivity contribution in [2.45, 2.75) is 39.5 Å². The molecule has 1 heterocycles. The number of rotatable bonds is 3. The maximum Gasteiger partial charge on any atom is 0.235 e. The van der Waals surface area contributed by atoms with Gasteiger partial charge in [-0.05, 0) is 17.9 Å². The van der Waals surface area contributed by atoms with Crippen molar-refractivity contribution < 1.29 is 14.3 Å². The second-order valence-electron chi connectivity index (χ2n) is 7.89. The van der Waals surface area contributed by atoms with E-state index in [9.17, 15) is 14.9 Å². The summed E-state index contributed by atoms with van der Waals surface area (Å²) in [5, 5.41) is 11.3. The lowest BCUT2D eigenvalue weighted by atomic mass is 9.69. The van der Waals surface area contributed by atoms with Gasteiger partial charge < -0.3 is 10.5 Å². The number of carbonyl (C=O) groups excluding carboxylic acids is 2. The number of para-hydroxylation sites is 1. The maximum atomic E-state index is 13.2. The number of ether oxygens (including phenoxy) is 1. The first-order valence-electron chi connectivity index (χ1n) is 9.06. The van der Waals surface area contributed by atoms with Crippen molar-refractivity contribution in [2.24, 2.45) is 11.1 Å². The molecule has 0 saturated carbocycles. The number of nitrogens with two attached hydrogens (primary N) is 1. The van der Waals surface area contributed by atoms with Gasteiger partial charge in [-0.25, -0.2) is 5.01 Å². The zero-order chi connectivity index (χ0) is 20.6. The van der Waals surface area contributed by atoms with Crippen LogP contribution in [0.1, 0.15) is 45.1 Å². The minimum absolute atomic E-state index is 0.0576. The molecule has 2 aliphatic rings. The van der Waals surface area contributed by atoms with Gasteiger partial charge in [0.15, 0.2) is 5.78 Å². The smallest absolute Gasteiger partial charge is 0.235 e.